The summed E-state index contributed by atoms with van der Waals surface area (Å²) >= 11 is 0. The highest BCUT2D eigenvalue weighted by Gasteiger charge is 2.51. The standard InChI is InChI=1S/C26H25N3O4/c1-3-26(19-11-5-4-6-12-19)24(31)29(25(32)28-26)17-23(30)27-21-14-7-8-15-22(21)33-20-13-9-10-18(2)16-20/h4-16H,3,17H2,1-2H3,(H,27,30)(H,28,32)/t26-/m0/s1. The first-order valence-electron chi connectivity index (χ1n) is 10.8. The van der Waals surface area contributed by atoms with Crippen molar-refractivity contribution in [2.24, 2.45) is 0 Å². The summed E-state index contributed by atoms with van der Waals surface area (Å²) in [5, 5.41) is 5.55. The lowest BCUT2D eigenvalue weighted by Crippen LogP contribution is -2.44. The molecule has 0 saturated carbocycles. The topological polar surface area (TPSA) is 87.7 Å². The molecule has 0 unspecified atom stereocenters. The summed E-state index contributed by atoms with van der Waals surface area (Å²) in [6.45, 7) is 3.39. The van der Waals surface area contributed by atoms with Gasteiger partial charge in [0.2, 0.25) is 5.91 Å². The number of imide groups is 1. The Labute approximate surface area is 192 Å². The number of carbonyl (C=O) groups is 3. The van der Waals surface area contributed by atoms with Gasteiger partial charge in [-0.25, -0.2) is 4.79 Å². The zero-order chi connectivity index (χ0) is 23.4. The molecule has 1 saturated heterocycles. The Balaban J connectivity index is 1.50. The van der Waals surface area contributed by atoms with Crippen LogP contribution >= 0.6 is 0 Å². The van der Waals surface area contributed by atoms with Gasteiger partial charge in [-0.15, -0.1) is 0 Å². The van der Waals surface area contributed by atoms with Gasteiger partial charge in [0.25, 0.3) is 5.91 Å². The quantitative estimate of drug-likeness (QED) is 0.523. The van der Waals surface area contributed by atoms with Crippen LogP contribution in [0.1, 0.15) is 24.5 Å². The minimum atomic E-state index is -1.18. The molecule has 1 heterocycles. The average molecular weight is 444 g/mol. The molecule has 4 rings (SSSR count). The van der Waals surface area contributed by atoms with Gasteiger partial charge in [0.05, 0.1) is 5.69 Å². The fourth-order valence-corrected chi connectivity index (χ4v) is 3.93. The van der Waals surface area contributed by atoms with Crippen molar-refractivity contribution >= 4 is 23.5 Å². The number of aryl methyl sites for hydroxylation is 1. The molecule has 1 aliphatic heterocycles. The number of urea groups is 1. The molecule has 0 bridgehead atoms. The molecule has 3 aromatic rings. The first-order valence-corrected chi connectivity index (χ1v) is 10.8. The molecule has 33 heavy (non-hydrogen) atoms. The molecule has 7 heteroatoms. The number of hydrogen-bond acceptors (Lipinski definition) is 4. The summed E-state index contributed by atoms with van der Waals surface area (Å²) in [5.74, 6) is 0.154. The minimum absolute atomic E-state index is 0.368. The summed E-state index contributed by atoms with van der Waals surface area (Å²) < 4.78 is 5.94. The first kappa shape index (κ1) is 22.1. The van der Waals surface area contributed by atoms with Crippen molar-refractivity contribution in [1.82, 2.24) is 10.2 Å². The van der Waals surface area contributed by atoms with Crippen LogP contribution in [0.25, 0.3) is 0 Å². The fourth-order valence-electron chi connectivity index (χ4n) is 3.93. The lowest BCUT2D eigenvalue weighted by atomic mass is 9.87. The number of rotatable bonds is 7. The van der Waals surface area contributed by atoms with Gasteiger partial charge >= 0.3 is 6.03 Å². The number of hydrogen-bond donors (Lipinski definition) is 2. The third-order valence-corrected chi connectivity index (χ3v) is 5.65. The van der Waals surface area contributed by atoms with Crippen molar-refractivity contribution in [2.75, 3.05) is 11.9 Å². The monoisotopic (exact) mass is 443 g/mol. The Morgan fingerprint density at radius 1 is 1.00 bits per heavy atom. The molecule has 7 nitrogen and oxygen atoms in total. The number of carbonyl (C=O) groups excluding carboxylic acids is 3. The largest absolute Gasteiger partial charge is 0.455 e. The van der Waals surface area contributed by atoms with Gasteiger partial charge < -0.3 is 15.4 Å². The van der Waals surface area contributed by atoms with Crippen LogP contribution in [0.3, 0.4) is 0 Å². The minimum Gasteiger partial charge on any atom is -0.455 e. The SMILES string of the molecule is CC[C@@]1(c2ccccc2)NC(=O)N(CC(=O)Nc2ccccc2Oc2cccc(C)c2)C1=O. The first-order chi connectivity index (χ1) is 15.9. The van der Waals surface area contributed by atoms with Crippen LogP contribution in [-0.4, -0.2) is 29.3 Å². The van der Waals surface area contributed by atoms with E-state index in [1.165, 1.54) is 0 Å². The van der Waals surface area contributed by atoms with E-state index in [4.69, 9.17) is 4.74 Å². The van der Waals surface area contributed by atoms with Crippen molar-refractivity contribution in [3.63, 3.8) is 0 Å². The van der Waals surface area contributed by atoms with Crippen molar-refractivity contribution in [1.29, 1.82) is 0 Å². The van der Waals surface area contributed by atoms with Crippen molar-refractivity contribution in [3.8, 4) is 11.5 Å². The van der Waals surface area contributed by atoms with E-state index in [1.54, 1.807) is 36.4 Å². The maximum atomic E-state index is 13.2. The van der Waals surface area contributed by atoms with Gasteiger partial charge in [-0.2, -0.15) is 0 Å². The van der Waals surface area contributed by atoms with E-state index in [0.717, 1.165) is 10.5 Å². The Kier molecular flexibility index (Phi) is 6.13. The second kappa shape index (κ2) is 9.16. The van der Waals surface area contributed by atoms with E-state index in [2.05, 4.69) is 10.6 Å². The highest BCUT2D eigenvalue weighted by Crippen LogP contribution is 2.33. The maximum Gasteiger partial charge on any atom is 0.325 e. The molecule has 3 aromatic carbocycles. The molecule has 0 aromatic heterocycles. The smallest absolute Gasteiger partial charge is 0.325 e. The van der Waals surface area contributed by atoms with Crippen LogP contribution in [0.2, 0.25) is 0 Å². The second-order valence-corrected chi connectivity index (χ2v) is 7.91. The predicted octanol–water partition coefficient (Wildman–Crippen LogP) is 4.58. The van der Waals surface area contributed by atoms with Gasteiger partial charge in [-0.3, -0.25) is 14.5 Å². The molecule has 168 valence electrons. The van der Waals surface area contributed by atoms with E-state index < -0.39 is 29.9 Å². The summed E-state index contributed by atoms with van der Waals surface area (Å²) in [5.41, 5.74) is 1.00. The summed E-state index contributed by atoms with van der Waals surface area (Å²) in [6.07, 6.45) is 0.368. The molecule has 4 amide bonds. The number of para-hydroxylation sites is 2. The number of ether oxygens (including phenoxy) is 1. The summed E-state index contributed by atoms with van der Waals surface area (Å²) in [6, 6.07) is 23.0. The van der Waals surface area contributed by atoms with Gasteiger partial charge in [0.1, 0.15) is 17.8 Å². The van der Waals surface area contributed by atoms with Gasteiger partial charge in [0, 0.05) is 0 Å². The molecule has 0 aliphatic carbocycles. The van der Waals surface area contributed by atoms with Crippen LogP contribution in [0.15, 0.2) is 78.9 Å². The summed E-state index contributed by atoms with van der Waals surface area (Å²) in [4.78, 5) is 39.7. The molecule has 1 atom stereocenters. The number of amides is 4. The Morgan fingerprint density at radius 2 is 1.73 bits per heavy atom. The molecular weight excluding hydrogens is 418 g/mol. The molecule has 2 N–H and O–H groups in total. The van der Waals surface area contributed by atoms with Crippen LogP contribution < -0.4 is 15.4 Å². The van der Waals surface area contributed by atoms with Crippen LogP contribution in [0.4, 0.5) is 10.5 Å². The molecule has 1 fully saturated rings. The van der Waals surface area contributed by atoms with Gasteiger partial charge in [0.15, 0.2) is 5.75 Å². The number of nitrogens with one attached hydrogen (secondary N) is 2. The number of benzene rings is 3. The molecular formula is C26H25N3O4. The molecule has 0 spiro atoms. The van der Waals surface area contributed by atoms with E-state index in [-0.39, 0.29) is 0 Å². The molecule has 1 aliphatic rings. The predicted molar refractivity (Wildman–Crippen MR) is 125 cm³/mol. The van der Waals surface area contributed by atoms with E-state index >= 15 is 0 Å². The fraction of sp³-hybridized carbons (Fsp3) is 0.192. The Bertz CT molecular complexity index is 1190. The van der Waals surface area contributed by atoms with Crippen molar-refractivity contribution in [3.05, 3.63) is 90.0 Å². The lowest BCUT2D eigenvalue weighted by Gasteiger charge is -2.25. The molecule has 0 radical (unpaired) electrons. The van der Waals surface area contributed by atoms with Crippen LogP contribution in [0, 0.1) is 6.92 Å². The van der Waals surface area contributed by atoms with Gasteiger partial charge in [-0.1, -0.05) is 61.5 Å². The normalized spacial score (nSPS) is 17.6. The average Bonchev–Trinajstić information content (AvgIpc) is 3.06. The zero-order valence-corrected chi connectivity index (χ0v) is 18.5. The van der Waals surface area contributed by atoms with E-state index in [0.29, 0.717) is 29.2 Å². The Morgan fingerprint density at radius 3 is 2.45 bits per heavy atom. The van der Waals surface area contributed by atoms with E-state index in [1.807, 2.05) is 56.3 Å². The number of anilines is 1. The highest BCUT2D eigenvalue weighted by molar-refractivity contribution is 6.10. The van der Waals surface area contributed by atoms with Crippen molar-refractivity contribution < 1.29 is 19.1 Å². The maximum absolute atomic E-state index is 13.2. The third kappa shape index (κ3) is 4.43. The third-order valence-electron chi connectivity index (χ3n) is 5.65. The summed E-state index contributed by atoms with van der Waals surface area (Å²) in [7, 11) is 0. The van der Waals surface area contributed by atoms with Crippen LogP contribution in [-0.2, 0) is 15.1 Å². The second-order valence-electron chi connectivity index (χ2n) is 7.91. The number of nitrogens with zero attached hydrogens (tertiary/aromatic N) is 1. The highest BCUT2D eigenvalue weighted by atomic mass is 16.5. The lowest BCUT2D eigenvalue weighted by molar-refractivity contribution is -0.134. The van der Waals surface area contributed by atoms with Crippen LogP contribution in [0.5, 0.6) is 11.5 Å². The van der Waals surface area contributed by atoms with Crippen molar-refractivity contribution in [2.45, 2.75) is 25.8 Å². The Hall–Kier alpha value is -4.13. The van der Waals surface area contributed by atoms with Gasteiger partial charge in [-0.05, 0) is 48.7 Å². The zero-order valence-electron chi connectivity index (χ0n) is 18.5. The van der Waals surface area contributed by atoms with E-state index in [9.17, 15) is 14.4 Å².